The molecule has 1 rings (SSSR count). The van der Waals surface area contributed by atoms with E-state index in [0.717, 1.165) is 0 Å². The van der Waals surface area contributed by atoms with Crippen molar-refractivity contribution in [2.45, 2.75) is 53.6 Å². The highest BCUT2D eigenvalue weighted by Gasteiger charge is 2.60. The standard InChI is InChI=1S/C15H26O5/c1-6-19-12(17)11(13(18)20-7-2)15(5)9-8-10(16)14(15,3)4/h10-11,16H,6-9H2,1-5H3/t10-,15+/m0/s1. The van der Waals surface area contributed by atoms with Crippen LogP contribution in [0.5, 0.6) is 0 Å². The first-order valence-corrected chi connectivity index (χ1v) is 7.23. The average Bonchev–Trinajstić information content (AvgIpc) is 2.54. The van der Waals surface area contributed by atoms with Crippen molar-refractivity contribution in [2.75, 3.05) is 13.2 Å². The molecule has 1 aliphatic carbocycles. The Kier molecular flexibility index (Phi) is 5.19. The van der Waals surface area contributed by atoms with E-state index in [2.05, 4.69) is 0 Å². The second-order valence-corrected chi connectivity index (χ2v) is 6.13. The van der Waals surface area contributed by atoms with Gasteiger partial charge in [-0.25, -0.2) is 0 Å². The van der Waals surface area contributed by atoms with Gasteiger partial charge in [-0.05, 0) is 37.5 Å². The van der Waals surface area contributed by atoms with Gasteiger partial charge in [0.15, 0.2) is 5.92 Å². The number of hydrogen-bond acceptors (Lipinski definition) is 5. The lowest BCUT2D eigenvalue weighted by Gasteiger charge is -2.43. The maximum absolute atomic E-state index is 12.2. The molecule has 116 valence electrons. The minimum atomic E-state index is -0.991. The van der Waals surface area contributed by atoms with Crippen molar-refractivity contribution in [2.24, 2.45) is 16.7 Å². The van der Waals surface area contributed by atoms with Crippen LogP contribution in [0.3, 0.4) is 0 Å². The van der Waals surface area contributed by atoms with E-state index in [4.69, 9.17) is 9.47 Å². The molecule has 5 nitrogen and oxygen atoms in total. The van der Waals surface area contributed by atoms with Crippen LogP contribution in [-0.4, -0.2) is 36.4 Å². The van der Waals surface area contributed by atoms with Crippen LogP contribution in [0.15, 0.2) is 0 Å². The number of esters is 2. The Balaban J connectivity index is 3.16. The molecule has 0 radical (unpaired) electrons. The summed E-state index contributed by atoms with van der Waals surface area (Å²) in [6, 6.07) is 0. The minimum Gasteiger partial charge on any atom is -0.465 e. The molecule has 0 heterocycles. The topological polar surface area (TPSA) is 72.8 Å². The van der Waals surface area contributed by atoms with Crippen LogP contribution in [0, 0.1) is 16.7 Å². The summed E-state index contributed by atoms with van der Waals surface area (Å²) >= 11 is 0. The Morgan fingerprint density at radius 1 is 1.15 bits per heavy atom. The molecule has 1 saturated carbocycles. The first kappa shape index (κ1) is 17.0. The summed E-state index contributed by atoms with van der Waals surface area (Å²) in [4.78, 5) is 24.5. The Bertz CT molecular complexity index is 358. The second kappa shape index (κ2) is 6.12. The third-order valence-electron chi connectivity index (χ3n) is 4.92. The van der Waals surface area contributed by atoms with Crippen molar-refractivity contribution < 1.29 is 24.2 Å². The normalized spacial score (nSPS) is 28.4. The van der Waals surface area contributed by atoms with Crippen molar-refractivity contribution in [1.82, 2.24) is 0 Å². The fourth-order valence-electron chi connectivity index (χ4n) is 3.08. The van der Waals surface area contributed by atoms with Gasteiger partial charge in [0.2, 0.25) is 0 Å². The van der Waals surface area contributed by atoms with Gasteiger partial charge in [-0.15, -0.1) is 0 Å². The molecule has 2 atom stereocenters. The maximum Gasteiger partial charge on any atom is 0.320 e. The molecule has 1 aliphatic rings. The highest BCUT2D eigenvalue weighted by molar-refractivity contribution is 5.96. The molecule has 0 unspecified atom stereocenters. The van der Waals surface area contributed by atoms with Gasteiger partial charge in [-0.3, -0.25) is 9.59 Å². The minimum absolute atomic E-state index is 0.216. The van der Waals surface area contributed by atoms with Gasteiger partial charge in [0.25, 0.3) is 0 Å². The Hall–Kier alpha value is -1.10. The van der Waals surface area contributed by atoms with Crippen molar-refractivity contribution in [1.29, 1.82) is 0 Å². The summed E-state index contributed by atoms with van der Waals surface area (Å²) in [6.45, 7) is 9.48. The zero-order chi connectivity index (χ0) is 15.6. The molecule has 0 saturated heterocycles. The average molecular weight is 286 g/mol. The van der Waals surface area contributed by atoms with Gasteiger partial charge in [0.1, 0.15) is 0 Å². The van der Waals surface area contributed by atoms with E-state index >= 15 is 0 Å². The first-order valence-electron chi connectivity index (χ1n) is 7.23. The number of ether oxygens (including phenoxy) is 2. The van der Waals surface area contributed by atoms with Gasteiger partial charge in [-0.2, -0.15) is 0 Å². The van der Waals surface area contributed by atoms with Gasteiger partial charge < -0.3 is 14.6 Å². The Morgan fingerprint density at radius 3 is 1.90 bits per heavy atom. The summed E-state index contributed by atoms with van der Waals surface area (Å²) in [7, 11) is 0. The van der Waals surface area contributed by atoms with Crippen molar-refractivity contribution >= 4 is 11.9 Å². The van der Waals surface area contributed by atoms with Crippen LogP contribution < -0.4 is 0 Å². The molecule has 0 aromatic carbocycles. The third kappa shape index (κ3) is 2.68. The predicted octanol–water partition coefficient (Wildman–Crippen LogP) is 1.92. The first-order chi connectivity index (χ1) is 9.22. The molecule has 1 fully saturated rings. The van der Waals surface area contributed by atoms with E-state index in [0.29, 0.717) is 12.8 Å². The molecule has 1 N–H and O–H groups in total. The Labute approximate surface area is 120 Å². The third-order valence-corrected chi connectivity index (χ3v) is 4.92. The monoisotopic (exact) mass is 286 g/mol. The highest BCUT2D eigenvalue weighted by atomic mass is 16.6. The fraction of sp³-hybridized carbons (Fsp3) is 0.867. The summed E-state index contributed by atoms with van der Waals surface area (Å²) in [5.41, 5.74) is -1.23. The number of hydrogen-bond donors (Lipinski definition) is 1. The summed E-state index contributed by atoms with van der Waals surface area (Å²) in [6.07, 6.45) is 0.612. The van der Waals surface area contributed by atoms with Crippen LogP contribution in [0.25, 0.3) is 0 Å². The molecule has 0 amide bonds. The van der Waals surface area contributed by atoms with E-state index in [9.17, 15) is 14.7 Å². The largest absolute Gasteiger partial charge is 0.465 e. The van der Waals surface area contributed by atoms with Crippen LogP contribution in [0.4, 0.5) is 0 Å². The quantitative estimate of drug-likeness (QED) is 0.617. The Morgan fingerprint density at radius 2 is 1.60 bits per heavy atom. The second-order valence-electron chi connectivity index (χ2n) is 6.13. The lowest BCUT2D eigenvalue weighted by molar-refractivity contribution is -0.173. The number of carbonyl (C=O) groups excluding carboxylic acids is 2. The smallest absolute Gasteiger partial charge is 0.320 e. The van der Waals surface area contributed by atoms with Crippen molar-refractivity contribution in [3.8, 4) is 0 Å². The number of aliphatic hydroxyl groups excluding tert-OH is 1. The van der Waals surface area contributed by atoms with Crippen LogP contribution in [0.1, 0.15) is 47.5 Å². The van der Waals surface area contributed by atoms with E-state index < -0.39 is 34.8 Å². The van der Waals surface area contributed by atoms with Gasteiger partial charge in [0, 0.05) is 0 Å². The lowest BCUT2D eigenvalue weighted by atomic mass is 9.61. The molecule has 0 spiro atoms. The summed E-state index contributed by atoms with van der Waals surface area (Å²) < 4.78 is 10.1. The van der Waals surface area contributed by atoms with E-state index in [1.165, 1.54) is 0 Å². The van der Waals surface area contributed by atoms with Gasteiger partial charge in [0.05, 0.1) is 19.3 Å². The molecular formula is C15H26O5. The number of carbonyl (C=O) groups is 2. The zero-order valence-corrected chi connectivity index (χ0v) is 13.1. The van der Waals surface area contributed by atoms with Gasteiger partial charge in [-0.1, -0.05) is 20.8 Å². The lowest BCUT2D eigenvalue weighted by Crippen LogP contribution is -2.49. The molecule has 0 aromatic rings. The van der Waals surface area contributed by atoms with E-state index in [-0.39, 0.29) is 13.2 Å². The maximum atomic E-state index is 12.2. The highest BCUT2D eigenvalue weighted by Crippen LogP contribution is 2.57. The van der Waals surface area contributed by atoms with Gasteiger partial charge >= 0.3 is 11.9 Å². The molecule has 5 heteroatoms. The molecule has 0 aromatic heterocycles. The fourth-order valence-corrected chi connectivity index (χ4v) is 3.08. The zero-order valence-electron chi connectivity index (χ0n) is 13.1. The summed E-state index contributed by atoms with van der Waals surface area (Å²) in [5.74, 6) is -2.11. The molecule has 0 bridgehead atoms. The SMILES string of the molecule is CCOC(=O)C(C(=O)OCC)[C@@]1(C)CC[C@H](O)C1(C)C. The van der Waals surface area contributed by atoms with E-state index in [1.807, 2.05) is 20.8 Å². The van der Waals surface area contributed by atoms with Crippen molar-refractivity contribution in [3.63, 3.8) is 0 Å². The summed E-state index contributed by atoms with van der Waals surface area (Å²) in [5, 5.41) is 10.2. The van der Waals surface area contributed by atoms with E-state index in [1.54, 1.807) is 13.8 Å². The molecular weight excluding hydrogens is 260 g/mol. The van der Waals surface area contributed by atoms with Crippen LogP contribution >= 0.6 is 0 Å². The molecule has 20 heavy (non-hydrogen) atoms. The van der Waals surface area contributed by atoms with Crippen molar-refractivity contribution in [3.05, 3.63) is 0 Å². The predicted molar refractivity (Wildman–Crippen MR) is 73.9 cm³/mol. The van der Waals surface area contributed by atoms with Crippen LogP contribution in [0.2, 0.25) is 0 Å². The number of aliphatic hydroxyl groups is 1. The number of rotatable bonds is 5. The molecule has 0 aliphatic heterocycles. The van der Waals surface area contributed by atoms with Crippen LogP contribution in [-0.2, 0) is 19.1 Å².